The molecule has 0 fully saturated rings. The quantitative estimate of drug-likeness (QED) is 0.808. The van der Waals surface area contributed by atoms with Gasteiger partial charge in [0.15, 0.2) is 0 Å². The van der Waals surface area contributed by atoms with Crippen LogP contribution in [0.25, 0.3) is 0 Å². The molecular weight excluding hydrogens is 354 g/mol. The van der Waals surface area contributed by atoms with Crippen molar-refractivity contribution in [1.82, 2.24) is 5.32 Å². The normalized spacial score (nSPS) is 16.2. The molecule has 0 saturated heterocycles. The Kier molecular flexibility index (Phi) is 5.13. The average molecular weight is 375 g/mol. The lowest BCUT2D eigenvalue weighted by molar-refractivity contribution is -0.122. The van der Waals surface area contributed by atoms with Crippen molar-refractivity contribution in [2.75, 3.05) is 5.32 Å². The van der Waals surface area contributed by atoms with Crippen LogP contribution in [0, 0.1) is 12.8 Å². The lowest BCUT2D eigenvalue weighted by Crippen LogP contribution is -2.27. The zero-order valence-electron chi connectivity index (χ0n) is 14.7. The van der Waals surface area contributed by atoms with Crippen molar-refractivity contribution in [3.05, 3.63) is 47.9 Å². The van der Waals surface area contributed by atoms with Gasteiger partial charge in [-0.2, -0.15) is 8.42 Å². The van der Waals surface area contributed by atoms with Gasteiger partial charge in [-0.3, -0.25) is 4.79 Å². The molecule has 1 aliphatic heterocycles. The molecule has 2 aromatic rings. The van der Waals surface area contributed by atoms with Crippen molar-refractivity contribution >= 4 is 27.5 Å². The summed E-state index contributed by atoms with van der Waals surface area (Å²) in [5, 5.41) is 5.84. The largest absolute Gasteiger partial charge is 0.465 e. The van der Waals surface area contributed by atoms with E-state index in [1.165, 1.54) is 6.07 Å². The van der Waals surface area contributed by atoms with E-state index in [4.69, 9.17) is 4.42 Å². The second kappa shape index (κ2) is 7.33. The molecule has 2 heterocycles. The highest BCUT2D eigenvalue weighted by atomic mass is 32.2. The van der Waals surface area contributed by atoms with Crippen molar-refractivity contribution < 1.29 is 17.6 Å². The Morgan fingerprint density at radius 3 is 2.77 bits per heavy atom. The number of sulfonamides is 1. The molecule has 0 radical (unpaired) electrons. The molecule has 138 valence electrons. The molecule has 8 heteroatoms. The van der Waals surface area contributed by atoms with Crippen molar-refractivity contribution in [3.8, 4) is 0 Å². The van der Waals surface area contributed by atoms with E-state index >= 15 is 0 Å². The van der Waals surface area contributed by atoms with Gasteiger partial charge in [-0.1, -0.05) is 19.1 Å². The number of benzene rings is 1. The number of nitrogens with one attached hydrogen (secondary N) is 2. The van der Waals surface area contributed by atoms with Crippen molar-refractivity contribution in [2.24, 2.45) is 10.3 Å². The third kappa shape index (κ3) is 4.32. The molecule has 1 aromatic carbocycles. The van der Waals surface area contributed by atoms with Gasteiger partial charge < -0.3 is 15.1 Å². The van der Waals surface area contributed by atoms with E-state index in [1.807, 2.05) is 26.0 Å². The minimum absolute atomic E-state index is 0.0694. The SMILES string of the molecule is Cc1ccc(CNC(=O)C[C@H](C)CC2=NS(=O)(=O)c3ccccc3N2)o1. The van der Waals surface area contributed by atoms with Gasteiger partial charge in [-0.25, -0.2) is 0 Å². The van der Waals surface area contributed by atoms with Crippen LogP contribution >= 0.6 is 0 Å². The van der Waals surface area contributed by atoms with Crippen LogP contribution in [0.5, 0.6) is 0 Å². The maximum absolute atomic E-state index is 12.2. The number of aryl methyl sites for hydroxylation is 1. The molecule has 0 unspecified atom stereocenters. The van der Waals surface area contributed by atoms with Gasteiger partial charge in [0.2, 0.25) is 5.91 Å². The predicted molar refractivity (Wildman–Crippen MR) is 98.4 cm³/mol. The lowest BCUT2D eigenvalue weighted by Gasteiger charge is -2.20. The van der Waals surface area contributed by atoms with Gasteiger partial charge in [0, 0.05) is 12.8 Å². The van der Waals surface area contributed by atoms with Crippen LogP contribution in [-0.4, -0.2) is 20.2 Å². The Hall–Kier alpha value is -2.61. The molecule has 26 heavy (non-hydrogen) atoms. The van der Waals surface area contributed by atoms with Crippen molar-refractivity contribution in [1.29, 1.82) is 0 Å². The Bertz CT molecular complexity index is 947. The second-order valence-electron chi connectivity index (χ2n) is 6.44. The van der Waals surface area contributed by atoms with Crippen LogP contribution in [0.4, 0.5) is 5.69 Å². The van der Waals surface area contributed by atoms with Gasteiger partial charge in [-0.15, -0.1) is 4.40 Å². The summed E-state index contributed by atoms with van der Waals surface area (Å²) in [6, 6.07) is 10.3. The first kappa shape index (κ1) is 18.2. The standard InChI is InChI=1S/C18H21N3O4S/c1-12(10-18(22)19-11-14-8-7-13(2)25-14)9-17-20-15-5-3-4-6-16(15)26(23,24)21-17/h3-8,12H,9-11H2,1-2H3,(H,19,22)(H,20,21)/t12-/m1/s1. The number of nitrogens with zero attached hydrogens (tertiary/aromatic N) is 1. The first-order chi connectivity index (χ1) is 12.3. The molecule has 2 N–H and O–H groups in total. The Morgan fingerprint density at radius 2 is 2.04 bits per heavy atom. The molecule has 1 amide bonds. The molecule has 0 saturated carbocycles. The smallest absolute Gasteiger partial charge is 0.286 e. The summed E-state index contributed by atoms with van der Waals surface area (Å²) < 4.78 is 33.7. The predicted octanol–water partition coefficient (Wildman–Crippen LogP) is 2.83. The molecule has 3 rings (SSSR count). The van der Waals surface area contributed by atoms with E-state index in [2.05, 4.69) is 15.0 Å². The maximum Gasteiger partial charge on any atom is 0.286 e. The monoisotopic (exact) mass is 375 g/mol. The first-order valence-electron chi connectivity index (χ1n) is 8.35. The third-order valence-electron chi connectivity index (χ3n) is 4.01. The fourth-order valence-electron chi connectivity index (χ4n) is 2.81. The van der Waals surface area contributed by atoms with E-state index in [0.717, 1.165) is 5.76 Å². The zero-order chi connectivity index (χ0) is 18.7. The minimum atomic E-state index is -3.70. The van der Waals surface area contributed by atoms with Gasteiger partial charge in [0.25, 0.3) is 10.0 Å². The van der Waals surface area contributed by atoms with E-state index in [-0.39, 0.29) is 23.1 Å². The highest BCUT2D eigenvalue weighted by Crippen LogP contribution is 2.28. The summed E-state index contributed by atoms with van der Waals surface area (Å²) in [6.07, 6.45) is 0.628. The van der Waals surface area contributed by atoms with Crippen LogP contribution in [0.3, 0.4) is 0 Å². The van der Waals surface area contributed by atoms with E-state index in [1.54, 1.807) is 18.2 Å². The molecule has 7 nitrogen and oxygen atoms in total. The molecule has 1 aromatic heterocycles. The molecule has 1 aliphatic rings. The number of fused-ring (bicyclic) bond motifs is 1. The molecule has 0 bridgehead atoms. The minimum Gasteiger partial charge on any atom is -0.465 e. The second-order valence-corrected chi connectivity index (χ2v) is 8.01. The number of carbonyl (C=O) groups excluding carboxylic acids is 1. The van der Waals surface area contributed by atoms with E-state index < -0.39 is 10.0 Å². The fourth-order valence-corrected chi connectivity index (χ4v) is 3.97. The van der Waals surface area contributed by atoms with E-state index in [0.29, 0.717) is 30.2 Å². The average Bonchev–Trinajstić information content (AvgIpc) is 2.98. The van der Waals surface area contributed by atoms with Crippen LogP contribution in [-0.2, 0) is 21.4 Å². The number of carbonyl (C=O) groups is 1. The number of hydrogen-bond donors (Lipinski definition) is 2. The number of rotatable bonds is 6. The summed E-state index contributed by atoms with van der Waals surface area (Å²) in [5.41, 5.74) is 0.516. The van der Waals surface area contributed by atoms with Crippen LogP contribution < -0.4 is 10.6 Å². The lowest BCUT2D eigenvalue weighted by atomic mass is 10.0. The Labute approximate surface area is 152 Å². The zero-order valence-corrected chi connectivity index (χ0v) is 15.5. The summed E-state index contributed by atoms with van der Waals surface area (Å²) in [6.45, 7) is 4.06. The topological polar surface area (TPSA) is 101 Å². The summed E-state index contributed by atoms with van der Waals surface area (Å²) in [5.74, 6) is 1.66. The summed E-state index contributed by atoms with van der Waals surface area (Å²) in [7, 11) is -3.70. The van der Waals surface area contributed by atoms with Crippen LogP contribution in [0.2, 0.25) is 0 Å². The summed E-state index contributed by atoms with van der Waals surface area (Å²) in [4.78, 5) is 12.2. The Balaban J connectivity index is 1.56. The molecule has 0 aliphatic carbocycles. The van der Waals surface area contributed by atoms with Crippen LogP contribution in [0.15, 0.2) is 50.1 Å². The number of amides is 1. The molecular formula is C18H21N3O4S. The van der Waals surface area contributed by atoms with Crippen molar-refractivity contribution in [3.63, 3.8) is 0 Å². The van der Waals surface area contributed by atoms with Gasteiger partial charge in [0.1, 0.15) is 22.3 Å². The third-order valence-corrected chi connectivity index (χ3v) is 5.38. The highest BCUT2D eigenvalue weighted by Gasteiger charge is 2.25. The highest BCUT2D eigenvalue weighted by molar-refractivity contribution is 7.90. The number of hydrogen-bond acceptors (Lipinski definition) is 5. The van der Waals surface area contributed by atoms with Gasteiger partial charge >= 0.3 is 0 Å². The van der Waals surface area contributed by atoms with Crippen LogP contribution in [0.1, 0.15) is 31.3 Å². The number of amidine groups is 1. The van der Waals surface area contributed by atoms with Gasteiger partial charge in [-0.05, 0) is 37.1 Å². The summed E-state index contributed by atoms with van der Waals surface area (Å²) >= 11 is 0. The maximum atomic E-state index is 12.2. The number of anilines is 1. The number of furan rings is 1. The van der Waals surface area contributed by atoms with Crippen molar-refractivity contribution in [2.45, 2.75) is 38.1 Å². The molecule has 0 spiro atoms. The fraction of sp³-hybridized carbons (Fsp3) is 0.333. The Morgan fingerprint density at radius 1 is 1.27 bits per heavy atom. The molecule has 1 atom stereocenters. The van der Waals surface area contributed by atoms with E-state index in [9.17, 15) is 13.2 Å². The van der Waals surface area contributed by atoms with Gasteiger partial charge in [0.05, 0.1) is 12.2 Å². The number of para-hydroxylation sites is 1. The first-order valence-corrected chi connectivity index (χ1v) is 9.79.